The highest BCUT2D eigenvalue weighted by Gasteiger charge is 2.38. The molecule has 1 atom stereocenters. The van der Waals surface area contributed by atoms with E-state index in [1.807, 2.05) is 18.4 Å². The molecule has 154 valence electrons. The first-order valence-electron chi connectivity index (χ1n) is 10.2. The lowest BCUT2D eigenvalue weighted by Crippen LogP contribution is -2.37. The van der Waals surface area contributed by atoms with Crippen LogP contribution in [0.5, 0.6) is 5.75 Å². The van der Waals surface area contributed by atoms with Gasteiger partial charge in [-0.15, -0.1) is 0 Å². The molecule has 0 aliphatic carbocycles. The predicted molar refractivity (Wildman–Crippen MR) is 121 cm³/mol. The van der Waals surface area contributed by atoms with Crippen molar-refractivity contribution >= 4 is 23.4 Å². The molecule has 2 aromatic carbocycles. The van der Waals surface area contributed by atoms with E-state index in [4.69, 9.17) is 14.7 Å². The first-order chi connectivity index (χ1) is 14.7. The summed E-state index contributed by atoms with van der Waals surface area (Å²) >= 11 is 1.59. The molecular weight excluding hydrogens is 394 g/mol. The molecular formula is C23H25N5OS. The number of methoxy groups -OCH3 is 1. The van der Waals surface area contributed by atoms with E-state index in [1.165, 1.54) is 16.7 Å². The van der Waals surface area contributed by atoms with Gasteiger partial charge in [0.25, 0.3) is 0 Å². The van der Waals surface area contributed by atoms with Crippen LogP contribution < -0.4 is 20.1 Å². The molecule has 0 bridgehead atoms. The lowest BCUT2D eigenvalue weighted by Gasteiger charge is -2.32. The molecule has 2 aliphatic rings. The summed E-state index contributed by atoms with van der Waals surface area (Å²) in [6, 6.07) is 19.1. The van der Waals surface area contributed by atoms with Gasteiger partial charge in [-0.05, 0) is 35.9 Å². The van der Waals surface area contributed by atoms with E-state index in [9.17, 15) is 0 Å². The van der Waals surface area contributed by atoms with E-state index in [0.29, 0.717) is 0 Å². The molecule has 0 saturated carbocycles. The lowest BCUT2D eigenvalue weighted by atomic mass is 10.0. The fourth-order valence-corrected chi connectivity index (χ4v) is 4.54. The molecule has 5 rings (SSSR count). The number of nitrogens with one attached hydrogen (secondary N) is 1. The Balaban J connectivity index is 1.47. The van der Waals surface area contributed by atoms with Crippen LogP contribution >= 0.6 is 11.8 Å². The molecule has 0 amide bonds. The summed E-state index contributed by atoms with van der Waals surface area (Å²) in [5.41, 5.74) is 7.41. The maximum Gasteiger partial charge on any atom is 0.191 e. The third-order valence-corrected chi connectivity index (χ3v) is 6.23. The summed E-state index contributed by atoms with van der Waals surface area (Å²) in [6.45, 7) is 2.57. The van der Waals surface area contributed by atoms with E-state index in [-0.39, 0.29) is 6.04 Å². The molecule has 7 heteroatoms. The van der Waals surface area contributed by atoms with Crippen molar-refractivity contribution in [2.45, 2.75) is 30.7 Å². The Morgan fingerprint density at radius 1 is 1.00 bits per heavy atom. The van der Waals surface area contributed by atoms with Gasteiger partial charge in [-0.1, -0.05) is 54.2 Å². The first-order valence-corrected chi connectivity index (χ1v) is 11.4. The van der Waals surface area contributed by atoms with Crippen LogP contribution in [0, 0.1) is 0 Å². The Labute approximate surface area is 181 Å². The first kappa shape index (κ1) is 19.2. The average molecular weight is 420 g/mol. The molecule has 6 nitrogen and oxygen atoms in total. The second-order valence-electron chi connectivity index (χ2n) is 7.58. The average Bonchev–Trinajstić information content (AvgIpc) is 3.14. The number of aromatic nitrogens is 2. The summed E-state index contributed by atoms with van der Waals surface area (Å²) in [5, 5.41) is 3.00. The second kappa shape index (κ2) is 8.16. The van der Waals surface area contributed by atoms with Gasteiger partial charge in [-0.25, -0.2) is 15.4 Å². The molecule has 0 fully saturated rings. The van der Waals surface area contributed by atoms with E-state index >= 15 is 0 Å². The highest BCUT2D eigenvalue weighted by Crippen LogP contribution is 2.44. The van der Waals surface area contributed by atoms with Gasteiger partial charge in [0.05, 0.1) is 25.3 Å². The Kier molecular flexibility index (Phi) is 5.23. The van der Waals surface area contributed by atoms with Crippen molar-refractivity contribution in [1.29, 1.82) is 0 Å². The van der Waals surface area contributed by atoms with Crippen LogP contribution in [0.25, 0.3) is 0 Å². The number of nitrogens with zero attached hydrogens (tertiary/aromatic N) is 4. The maximum absolute atomic E-state index is 5.29. The van der Waals surface area contributed by atoms with Crippen molar-refractivity contribution < 1.29 is 4.74 Å². The molecule has 3 heterocycles. The quantitative estimate of drug-likeness (QED) is 0.475. The normalized spacial score (nSPS) is 17.2. The van der Waals surface area contributed by atoms with Gasteiger partial charge in [0, 0.05) is 13.1 Å². The topological polar surface area (TPSA) is 53.5 Å². The Bertz CT molecular complexity index is 1030. The summed E-state index contributed by atoms with van der Waals surface area (Å²) < 4.78 is 5.29. The lowest BCUT2D eigenvalue weighted by molar-refractivity contribution is 0.414. The van der Waals surface area contributed by atoms with Crippen molar-refractivity contribution in [3.05, 3.63) is 71.3 Å². The fraction of sp³-hybridized carbons (Fsp3) is 0.304. The summed E-state index contributed by atoms with van der Waals surface area (Å²) in [6.07, 6.45) is 3.07. The maximum atomic E-state index is 5.29. The van der Waals surface area contributed by atoms with Crippen LogP contribution in [0.4, 0.5) is 11.6 Å². The number of thioether (sulfide) groups is 1. The minimum Gasteiger partial charge on any atom is -0.497 e. The van der Waals surface area contributed by atoms with Crippen LogP contribution in [-0.4, -0.2) is 29.9 Å². The van der Waals surface area contributed by atoms with Gasteiger partial charge in [0.2, 0.25) is 0 Å². The zero-order chi connectivity index (χ0) is 20.5. The van der Waals surface area contributed by atoms with Crippen molar-refractivity contribution in [1.82, 2.24) is 15.4 Å². The largest absolute Gasteiger partial charge is 0.497 e. The minimum absolute atomic E-state index is 0.265. The van der Waals surface area contributed by atoms with E-state index in [2.05, 4.69) is 57.8 Å². The fourth-order valence-electron chi connectivity index (χ4n) is 4.18. The van der Waals surface area contributed by atoms with Crippen LogP contribution in [0.3, 0.4) is 0 Å². The Hall–Kier alpha value is -2.77. The van der Waals surface area contributed by atoms with Crippen LogP contribution in [0.1, 0.15) is 29.2 Å². The molecule has 1 aromatic heterocycles. The number of hydrogen-bond acceptors (Lipinski definition) is 7. The van der Waals surface area contributed by atoms with E-state index in [1.54, 1.807) is 18.9 Å². The number of rotatable bonds is 6. The van der Waals surface area contributed by atoms with Gasteiger partial charge < -0.3 is 9.64 Å². The summed E-state index contributed by atoms with van der Waals surface area (Å²) in [4.78, 5) is 12.2. The number of benzene rings is 2. The molecule has 2 aliphatic heterocycles. The number of hydrogen-bond donors (Lipinski definition) is 1. The Morgan fingerprint density at radius 2 is 1.73 bits per heavy atom. The van der Waals surface area contributed by atoms with Crippen molar-refractivity contribution in [3.8, 4) is 5.75 Å². The minimum atomic E-state index is 0.265. The van der Waals surface area contributed by atoms with Crippen molar-refractivity contribution in [2.24, 2.45) is 0 Å². The summed E-state index contributed by atoms with van der Waals surface area (Å²) in [7, 11) is 1.70. The second-order valence-corrected chi connectivity index (χ2v) is 8.36. The SMILES string of the molecule is COc1ccc(CN2CCC3NN(Cc4ccccc4)c4nc(SC)nc2c43)cc1. The Morgan fingerprint density at radius 3 is 2.47 bits per heavy atom. The van der Waals surface area contributed by atoms with Crippen LogP contribution in [0.15, 0.2) is 59.8 Å². The van der Waals surface area contributed by atoms with Gasteiger partial charge in [0.1, 0.15) is 11.6 Å². The highest BCUT2D eigenvalue weighted by atomic mass is 32.2. The molecule has 3 aromatic rings. The molecule has 1 unspecified atom stereocenters. The summed E-state index contributed by atoms with van der Waals surface area (Å²) in [5.74, 6) is 2.95. The van der Waals surface area contributed by atoms with Gasteiger partial charge in [-0.2, -0.15) is 0 Å². The number of ether oxygens (including phenoxy) is 1. The number of hydrazine groups is 1. The van der Waals surface area contributed by atoms with E-state index < -0.39 is 0 Å². The van der Waals surface area contributed by atoms with E-state index in [0.717, 1.165) is 48.6 Å². The molecule has 30 heavy (non-hydrogen) atoms. The predicted octanol–water partition coefficient (Wildman–Crippen LogP) is 4.18. The van der Waals surface area contributed by atoms with Crippen molar-refractivity contribution in [3.63, 3.8) is 0 Å². The number of anilines is 2. The molecule has 0 spiro atoms. The van der Waals surface area contributed by atoms with Crippen LogP contribution in [-0.2, 0) is 13.1 Å². The molecule has 0 saturated heterocycles. The zero-order valence-corrected chi connectivity index (χ0v) is 18.0. The van der Waals surface area contributed by atoms with Gasteiger partial charge >= 0.3 is 0 Å². The monoisotopic (exact) mass is 419 g/mol. The van der Waals surface area contributed by atoms with Crippen LogP contribution in [0.2, 0.25) is 0 Å². The third-order valence-electron chi connectivity index (χ3n) is 5.69. The van der Waals surface area contributed by atoms with Gasteiger partial charge in [-0.3, -0.25) is 5.01 Å². The third kappa shape index (κ3) is 3.59. The molecule has 0 radical (unpaired) electrons. The van der Waals surface area contributed by atoms with Crippen molar-refractivity contribution in [2.75, 3.05) is 29.8 Å². The molecule has 1 N–H and O–H groups in total. The zero-order valence-electron chi connectivity index (χ0n) is 17.2. The standard InChI is InChI=1S/C23H25N5OS/c1-29-18-10-8-17(9-11-18)14-27-13-12-19-20-21(27)24-23(30-2)25-22(20)28(26-19)15-16-6-4-3-5-7-16/h3-11,19,26H,12-15H2,1-2H3. The van der Waals surface area contributed by atoms with Gasteiger partial charge in [0.15, 0.2) is 11.0 Å². The highest BCUT2D eigenvalue weighted by molar-refractivity contribution is 7.98. The smallest absolute Gasteiger partial charge is 0.191 e.